The SMILES string of the molecule is Cc1cc(NC(=O)c2cccc(S(=O)NC3(C)COC3)c2)ccc1F. The number of aryl methyl sites for hydroxylation is 1. The normalized spacial score (nSPS) is 16.8. The fourth-order valence-corrected chi connectivity index (χ4v) is 3.55. The van der Waals surface area contributed by atoms with Crippen LogP contribution in [0.1, 0.15) is 22.8 Å². The number of anilines is 1. The van der Waals surface area contributed by atoms with Gasteiger partial charge in [0.25, 0.3) is 5.91 Å². The van der Waals surface area contributed by atoms with E-state index < -0.39 is 11.0 Å². The van der Waals surface area contributed by atoms with Crippen LogP contribution in [0.25, 0.3) is 0 Å². The molecule has 1 heterocycles. The third kappa shape index (κ3) is 4.12. The first-order valence-corrected chi connectivity index (χ1v) is 8.96. The van der Waals surface area contributed by atoms with Gasteiger partial charge in [-0.15, -0.1) is 0 Å². The van der Waals surface area contributed by atoms with Crippen LogP contribution in [0.15, 0.2) is 47.4 Å². The quantitative estimate of drug-likeness (QED) is 0.859. The van der Waals surface area contributed by atoms with Gasteiger partial charge in [0.2, 0.25) is 0 Å². The van der Waals surface area contributed by atoms with Crippen molar-refractivity contribution in [2.75, 3.05) is 18.5 Å². The van der Waals surface area contributed by atoms with Crippen LogP contribution >= 0.6 is 0 Å². The minimum atomic E-state index is -1.44. The second kappa shape index (κ2) is 7.03. The highest BCUT2D eigenvalue weighted by molar-refractivity contribution is 7.83. The van der Waals surface area contributed by atoms with Crippen molar-refractivity contribution >= 4 is 22.6 Å². The molecule has 25 heavy (non-hydrogen) atoms. The Labute approximate surface area is 148 Å². The third-order valence-corrected chi connectivity index (χ3v) is 5.27. The van der Waals surface area contributed by atoms with Gasteiger partial charge in [0.1, 0.15) is 16.8 Å². The molecule has 5 nitrogen and oxygen atoms in total. The fraction of sp³-hybridized carbons (Fsp3) is 0.278. The molecule has 2 aromatic carbocycles. The van der Waals surface area contributed by atoms with E-state index in [0.717, 1.165) is 0 Å². The second-order valence-corrected chi connectivity index (χ2v) is 7.58. The number of ether oxygens (including phenoxy) is 1. The molecule has 1 unspecified atom stereocenters. The van der Waals surface area contributed by atoms with E-state index in [1.807, 2.05) is 6.92 Å². The van der Waals surface area contributed by atoms with Gasteiger partial charge >= 0.3 is 0 Å². The first kappa shape index (κ1) is 17.7. The van der Waals surface area contributed by atoms with Crippen LogP contribution in [0.4, 0.5) is 10.1 Å². The van der Waals surface area contributed by atoms with Gasteiger partial charge in [-0.25, -0.2) is 13.3 Å². The lowest BCUT2D eigenvalue weighted by atomic mass is 10.0. The average molecular weight is 362 g/mol. The monoisotopic (exact) mass is 362 g/mol. The molecule has 2 aromatic rings. The summed E-state index contributed by atoms with van der Waals surface area (Å²) in [6.45, 7) is 4.57. The summed E-state index contributed by atoms with van der Waals surface area (Å²) in [6.07, 6.45) is 0. The maximum Gasteiger partial charge on any atom is 0.255 e. The molecular weight excluding hydrogens is 343 g/mol. The number of halogens is 1. The Morgan fingerprint density at radius 1 is 1.24 bits per heavy atom. The molecule has 1 saturated heterocycles. The molecule has 0 bridgehead atoms. The van der Waals surface area contributed by atoms with Crippen LogP contribution in [0.2, 0.25) is 0 Å². The summed E-state index contributed by atoms with van der Waals surface area (Å²) >= 11 is 0. The van der Waals surface area contributed by atoms with Gasteiger partial charge in [-0.1, -0.05) is 6.07 Å². The number of hydrogen-bond donors (Lipinski definition) is 2. The maximum atomic E-state index is 13.3. The third-order valence-electron chi connectivity index (χ3n) is 3.91. The Morgan fingerprint density at radius 2 is 2.00 bits per heavy atom. The Bertz CT molecular complexity index is 837. The number of carbonyl (C=O) groups is 1. The van der Waals surface area contributed by atoms with E-state index in [1.54, 1.807) is 37.3 Å². The van der Waals surface area contributed by atoms with Crippen molar-refractivity contribution in [3.63, 3.8) is 0 Å². The molecule has 7 heteroatoms. The molecule has 0 aromatic heterocycles. The number of benzene rings is 2. The Kier molecular flexibility index (Phi) is 4.99. The predicted octanol–water partition coefficient (Wildman–Crippen LogP) is 2.79. The largest absolute Gasteiger partial charge is 0.377 e. The van der Waals surface area contributed by atoms with E-state index in [-0.39, 0.29) is 17.3 Å². The minimum absolute atomic E-state index is 0.311. The summed E-state index contributed by atoms with van der Waals surface area (Å²) < 4.78 is 33.9. The fourth-order valence-electron chi connectivity index (χ4n) is 2.43. The lowest BCUT2D eigenvalue weighted by Gasteiger charge is -2.38. The molecule has 1 atom stereocenters. The van der Waals surface area contributed by atoms with Crippen LogP contribution in [0.5, 0.6) is 0 Å². The van der Waals surface area contributed by atoms with Gasteiger partial charge < -0.3 is 10.1 Å². The van der Waals surface area contributed by atoms with E-state index >= 15 is 0 Å². The Balaban J connectivity index is 1.72. The molecule has 1 aliphatic rings. The lowest BCUT2D eigenvalue weighted by Crippen LogP contribution is -2.58. The number of carbonyl (C=O) groups excluding carboxylic acids is 1. The summed E-state index contributed by atoms with van der Waals surface area (Å²) in [4.78, 5) is 12.9. The van der Waals surface area contributed by atoms with Gasteiger partial charge in [0.15, 0.2) is 0 Å². The number of amides is 1. The summed E-state index contributed by atoms with van der Waals surface area (Å²) in [5, 5.41) is 2.72. The van der Waals surface area contributed by atoms with Crippen molar-refractivity contribution in [3.05, 3.63) is 59.4 Å². The summed E-state index contributed by atoms with van der Waals surface area (Å²) in [6, 6.07) is 11.0. The van der Waals surface area contributed by atoms with E-state index in [9.17, 15) is 13.4 Å². The van der Waals surface area contributed by atoms with Crippen LogP contribution in [0, 0.1) is 12.7 Å². The van der Waals surface area contributed by atoms with Gasteiger partial charge in [0, 0.05) is 11.3 Å². The van der Waals surface area contributed by atoms with Gasteiger partial charge in [-0.05, 0) is 55.8 Å². The van der Waals surface area contributed by atoms with Crippen molar-refractivity contribution < 1.29 is 18.1 Å². The molecule has 2 N–H and O–H groups in total. The summed E-state index contributed by atoms with van der Waals surface area (Å²) in [5.74, 6) is -0.669. The van der Waals surface area contributed by atoms with E-state index in [0.29, 0.717) is 34.9 Å². The van der Waals surface area contributed by atoms with Gasteiger partial charge in [-0.2, -0.15) is 0 Å². The van der Waals surface area contributed by atoms with Crippen molar-refractivity contribution in [2.45, 2.75) is 24.3 Å². The standard InChI is InChI=1S/C18H19FN2O3S/c1-12-8-14(6-7-16(12)19)20-17(22)13-4-3-5-15(9-13)25(23)21-18(2)10-24-11-18/h3-9,21H,10-11H2,1-2H3,(H,20,22). The first-order chi connectivity index (χ1) is 11.9. The maximum absolute atomic E-state index is 13.3. The van der Waals surface area contributed by atoms with Crippen LogP contribution in [-0.2, 0) is 15.7 Å². The second-order valence-electron chi connectivity index (χ2n) is 6.37. The zero-order chi connectivity index (χ0) is 18.0. The number of hydrogen-bond acceptors (Lipinski definition) is 3. The van der Waals surface area contributed by atoms with Crippen molar-refractivity contribution in [3.8, 4) is 0 Å². The zero-order valence-electron chi connectivity index (χ0n) is 14.0. The molecule has 1 fully saturated rings. The first-order valence-electron chi connectivity index (χ1n) is 7.81. The number of nitrogens with one attached hydrogen (secondary N) is 2. The lowest BCUT2D eigenvalue weighted by molar-refractivity contribution is -0.0517. The molecule has 0 saturated carbocycles. The molecule has 1 amide bonds. The highest BCUT2D eigenvalue weighted by atomic mass is 32.2. The zero-order valence-corrected chi connectivity index (χ0v) is 14.8. The molecule has 1 aliphatic heterocycles. The number of rotatable bonds is 5. The molecule has 3 rings (SSSR count). The smallest absolute Gasteiger partial charge is 0.255 e. The molecular formula is C18H19FN2O3S. The van der Waals surface area contributed by atoms with E-state index in [4.69, 9.17) is 4.74 Å². The van der Waals surface area contributed by atoms with Crippen molar-refractivity contribution in [2.24, 2.45) is 0 Å². The van der Waals surface area contributed by atoms with Crippen molar-refractivity contribution in [1.29, 1.82) is 0 Å². The van der Waals surface area contributed by atoms with Gasteiger partial charge in [0.05, 0.1) is 23.6 Å². The van der Waals surface area contributed by atoms with Crippen LogP contribution in [-0.4, -0.2) is 28.9 Å². The average Bonchev–Trinajstić information content (AvgIpc) is 2.57. The van der Waals surface area contributed by atoms with E-state index in [2.05, 4.69) is 10.0 Å². The summed E-state index contributed by atoms with van der Waals surface area (Å²) in [5.41, 5.74) is 1.03. The van der Waals surface area contributed by atoms with E-state index in [1.165, 1.54) is 12.1 Å². The Hall–Kier alpha value is -2.09. The summed E-state index contributed by atoms with van der Waals surface area (Å²) in [7, 11) is -1.44. The highest BCUT2D eigenvalue weighted by Gasteiger charge is 2.35. The highest BCUT2D eigenvalue weighted by Crippen LogP contribution is 2.19. The van der Waals surface area contributed by atoms with Crippen LogP contribution < -0.4 is 10.0 Å². The molecule has 132 valence electrons. The van der Waals surface area contributed by atoms with Crippen LogP contribution in [0.3, 0.4) is 0 Å². The molecule has 0 aliphatic carbocycles. The Morgan fingerprint density at radius 3 is 2.64 bits per heavy atom. The molecule has 0 radical (unpaired) electrons. The topological polar surface area (TPSA) is 67.4 Å². The van der Waals surface area contributed by atoms with Crippen molar-refractivity contribution in [1.82, 2.24) is 4.72 Å². The minimum Gasteiger partial charge on any atom is -0.377 e. The predicted molar refractivity (Wildman–Crippen MR) is 94.3 cm³/mol. The van der Waals surface area contributed by atoms with Gasteiger partial charge in [-0.3, -0.25) is 4.79 Å². The molecule has 0 spiro atoms.